The zero-order chi connectivity index (χ0) is 17.8. The van der Waals surface area contributed by atoms with Crippen LogP contribution in [0.4, 0.5) is 5.69 Å². The van der Waals surface area contributed by atoms with Crippen LogP contribution in [0, 0.1) is 0 Å². The lowest BCUT2D eigenvalue weighted by Gasteiger charge is -2.14. The number of halogens is 2. The Balaban J connectivity index is 1.67. The zero-order valence-electron chi connectivity index (χ0n) is 13.6. The van der Waals surface area contributed by atoms with Crippen LogP contribution in [0.1, 0.15) is 24.9 Å². The van der Waals surface area contributed by atoms with Crippen molar-refractivity contribution in [1.82, 2.24) is 19.6 Å². The number of hydrogen-bond acceptors (Lipinski definition) is 3. The Morgan fingerprint density at radius 3 is 2.84 bits per heavy atom. The van der Waals surface area contributed by atoms with Crippen molar-refractivity contribution < 1.29 is 4.79 Å². The molecule has 0 bridgehead atoms. The lowest BCUT2D eigenvalue weighted by Crippen LogP contribution is -2.25. The van der Waals surface area contributed by atoms with Crippen molar-refractivity contribution in [3.8, 4) is 0 Å². The van der Waals surface area contributed by atoms with E-state index in [-0.39, 0.29) is 11.9 Å². The van der Waals surface area contributed by atoms with Gasteiger partial charge in [-0.05, 0) is 40.0 Å². The summed E-state index contributed by atoms with van der Waals surface area (Å²) in [5.74, 6) is -0.125. The van der Waals surface area contributed by atoms with Crippen molar-refractivity contribution >= 4 is 39.1 Å². The molecule has 1 N–H and O–H groups in total. The van der Waals surface area contributed by atoms with Gasteiger partial charge < -0.3 is 5.32 Å². The fraction of sp³-hybridized carbons (Fsp3) is 0.235. The maximum Gasteiger partial charge on any atom is 0.249 e. The minimum Gasteiger partial charge on any atom is -0.322 e. The topological polar surface area (TPSA) is 64.7 Å². The highest BCUT2D eigenvalue weighted by Crippen LogP contribution is 2.18. The summed E-state index contributed by atoms with van der Waals surface area (Å²) in [5, 5.41) is 12.1. The highest BCUT2D eigenvalue weighted by molar-refractivity contribution is 9.10. The molecule has 0 aliphatic heterocycles. The van der Waals surface area contributed by atoms with Crippen molar-refractivity contribution in [3.63, 3.8) is 0 Å². The molecular formula is C17H17BrClN5O. The summed E-state index contributed by atoms with van der Waals surface area (Å²) in [6.07, 6.45) is 7.52. The Morgan fingerprint density at radius 1 is 1.32 bits per heavy atom. The molecule has 2 heterocycles. The van der Waals surface area contributed by atoms with Gasteiger partial charge in [-0.3, -0.25) is 14.2 Å². The fourth-order valence-corrected chi connectivity index (χ4v) is 3.05. The van der Waals surface area contributed by atoms with Gasteiger partial charge >= 0.3 is 0 Å². The number of hydrogen-bond donors (Lipinski definition) is 1. The Labute approximate surface area is 158 Å². The van der Waals surface area contributed by atoms with Gasteiger partial charge in [0.05, 0.1) is 29.1 Å². The number of nitrogens with one attached hydrogen (secondary N) is 1. The lowest BCUT2D eigenvalue weighted by atomic mass is 10.2. The summed E-state index contributed by atoms with van der Waals surface area (Å²) >= 11 is 9.35. The van der Waals surface area contributed by atoms with Crippen LogP contribution in [0.25, 0.3) is 0 Å². The van der Waals surface area contributed by atoms with Gasteiger partial charge in [0.25, 0.3) is 0 Å². The molecular weight excluding hydrogens is 406 g/mol. The van der Waals surface area contributed by atoms with E-state index < -0.39 is 0 Å². The third-order valence-electron chi connectivity index (χ3n) is 3.71. The summed E-state index contributed by atoms with van der Waals surface area (Å²) in [5.41, 5.74) is 1.69. The highest BCUT2D eigenvalue weighted by Gasteiger charge is 2.20. The average Bonchev–Trinajstić information content (AvgIpc) is 3.17. The first kappa shape index (κ1) is 17.7. The molecule has 130 valence electrons. The minimum absolute atomic E-state index is 0.125. The van der Waals surface area contributed by atoms with Crippen LogP contribution in [0.5, 0.6) is 0 Å². The number of aromatic nitrogens is 4. The zero-order valence-corrected chi connectivity index (χ0v) is 15.9. The average molecular weight is 423 g/mol. The van der Waals surface area contributed by atoms with Gasteiger partial charge in [0, 0.05) is 17.4 Å². The monoisotopic (exact) mass is 421 g/mol. The quantitative estimate of drug-likeness (QED) is 0.649. The number of benzene rings is 1. The Hall–Kier alpha value is -2.12. The molecule has 3 rings (SSSR count). The molecule has 1 atom stereocenters. The van der Waals surface area contributed by atoms with E-state index in [1.165, 1.54) is 0 Å². The van der Waals surface area contributed by atoms with Crippen LogP contribution in [0.15, 0.2) is 53.5 Å². The highest BCUT2D eigenvalue weighted by atomic mass is 79.9. The van der Waals surface area contributed by atoms with Crippen LogP contribution in [-0.4, -0.2) is 25.5 Å². The third-order valence-corrected chi connectivity index (χ3v) is 4.36. The summed E-state index contributed by atoms with van der Waals surface area (Å²) in [4.78, 5) is 12.5. The normalized spacial score (nSPS) is 12.1. The predicted molar refractivity (Wildman–Crippen MR) is 101 cm³/mol. The summed E-state index contributed by atoms with van der Waals surface area (Å²) in [7, 11) is 0. The van der Waals surface area contributed by atoms with E-state index in [9.17, 15) is 4.79 Å². The first-order valence-corrected chi connectivity index (χ1v) is 8.99. The minimum atomic E-state index is -0.373. The fourth-order valence-electron chi connectivity index (χ4n) is 2.54. The van der Waals surface area contributed by atoms with Crippen LogP contribution in [0.3, 0.4) is 0 Å². The van der Waals surface area contributed by atoms with E-state index in [4.69, 9.17) is 11.6 Å². The number of carbonyl (C=O) groups is 1. The van der Waals surface area contributed by atoms with Crippen LogP contribution >= 0.6 is 27.5 Å². The lowest BCUT2D eigenvalue weighted by molar-refractivity contribution is -0.119. The number of nitrogens with zero attached hydrogens (tertiary/aromatic N) is 4. The molecule has 8 heteroatoms. The number of rotatable bonds is 6. The second kappa shape index (κ2) is 7.84. The van der Waals surface area contributed by atoms with Crippen molar-refractivity contribution in [3.05, 3.63) is 64.1 Å². The molecule has 1 amide bonds. The molecule has 0 radical (unpaired) electrons. The van der Waals surface area contributed by atoms with Gasteiger partial charge in [-0.15, -0.1) is 0 Å². The molecule has 0 saturated heterocycles. The van der Waals surface area contributed by atoms with Gasteiger partial charge in [-0.2, -0.15) is 10.2 Å². The molecule has 0 aliphatic carbocycles. The van der Waals surface area contributed by atoms with Crippen LogP contribution in [-0.2, 0) is 11.3 Å². The first-order chi connectivity index (χ1) is 12.0. The summed E-state index contributed by atoms with van der Waals surface area (Å²) in [6, 6.07) is 7.23. The number of amides is 1. The van der Waals surface area contributed by atoms with Gasteiger partial charge in [-0.1, -0.05) is 30.7 Å². The molecule has 2 aromatic heterocycles. The molecule has 0 fully saturated rings. The summed E-state index contributed by atoms with van der Waals surface area (Å²) < 4.78 is 4.25. The third kappa shape index (κ3) is 4.49. The molecule has 0 aliphatic rings. The SMILES string of the molecule is CCC(C(=O)Nc1cnn(Cc2cccc(Cl)c2)c1)n1cc(Br)cn1. The van der Waals surface area contributed by atoms with Crippen molar-refractivity contribution in [2.45, 2.75) is 25.9 Å². The van der Waals surface area contributed by atoms with E-state index in [2.05, 4.69) is 31.4 Å². The van der Waals surface area contributed by atoms with E-state index in [0.29, 0.717) is 23.7 Å². The smallest absolute Gasteiger partial charge is 0.249 e. The van der Waals surface area contributed by atoms with Crippen LogP contribution in [0.2, 0.25) is 5.02 Å². The predicted octanol–water partition coefficient (Wildman–Crippen LogP) is 4.13. The van der Waals surface area contributed by atoms with Crippen LogP contribution < -0.4 is 5.32 Å². The van der Waals surface area contributed by atoms with E-state index >= 15 is 0 Å². The van der Waals surface area contributed by atoms with Crippen molar-refractivity contribution in [2.75, 3.05) is 5.32 Å². The largest absolute Gasteiger partial charge is 0.322 e. The standard InChI is InChI=1S/C17H17BrClN5O/c1-2-16(24-10-13(18)7-21-24)17(25)22-15-8-20-23(11-15)9-12-4-3-5-14(19)6-12/h3-8,10-11,16H,2,9H2,1H3,(H,22,25). The molecule has 1 aromatic carbocycles. The second-order valence-electron chi connectivity index (χ2n) is 5.61. The molecule has 3 aromatic rings. The number of anilines is 1. The van der Waals surface area contributed by atoms with Gasteiger partial charge in [0.1, 0.15) is 6.04 Å². The van der Waals surface area contributed by atoms with E-state index in [0.717, 1.165) is 10.0 Å². The molecule has 1 unspecified atom stereocenters. The Morgan fingerprint density at radius 2 is 2.16 bits per heavy atom. The van der Waals surface area contributed by atoms with Crippen molar-refractivity contribution in [1.29, 1.82) is 0 Å². The molecule has 0 spiro atoms. The maximum atomic E-state index is 12.5. The number of carbonyl (C=O) groups excluding carboxylic acids is 1. The van der Waals surface area contributed by atoms with Crippen molar-refractivity contribution in [2.24, 2.45) is 0 Å². The summed E-state index contributed by atoms with van der Waals surface area (Å²) in [6.45, 7) is 2.53. The maximum absolute atomic E-state index is 12.5. The Kier molecular flexibility index (Phi) is 5.55. The molecule has 6 nitrogen and oxygen atoms in total. The van der Waals surface area contributed by atoms with E-state index in [1.807, 2.05) is 31.2 Å². The first-order valence-electron chi connectivity index (χ1n) is 7.82. The molecule has 25 heavy (non-hydrogen) atoms. The second-order valence-corrected chi connectivity index (χ2v) is 6.96. The Bertz CT molecular complexity index is 875. The van der Waals surface area contributed by atoms with Gasteiger partial charge in [0.2, 0.25) is 5.91 Å². The molecule has 0 saturated carbocycles. The van der Waals surface area contributed by atoms with Gasteiger partial charge in [-0.25, -0.2) is 0 Å². The van der Waals surface area contributed by atoms with Gasteiger partial charge in [0.15, 0.2) is 0 Å². The van der Waals surface area contributed by atoms with E-state index in [1.54, 1.807) is 34.2 Å².